The summed E-state index contributed by atoms with van der Waals surface area (Å²) in [6.07, 6.45) is 0. The van der Waals surface area contributed by atoms with Crippen LogP contribution in [0.3, 0.4) is 0 Å². The van der Waals surface area contributed by atoms with Gasteiger partial charge in [-0.25, -0.2) is 0 Å². The van der Waals surface area contributed by atoms with Gasteiger partial charge in [-0.1, -0.05) is 158 Å². The molecule has 0 aliphatic heterocycles. The molecule has 0 spiro atoms. The molecule has 13 rings (SSSR count). The third kappa shape index (κ3) is 5.63. The van der Waals surface area contributed by atoms with Crippen LogP contribution in [0.25, 0.3) is 105 Å². The molecule has 0 unspecified atom stereocenters. The van der Waals surface area contributed by atoms with Crippen molar-refractivity contribution >= 4 is 82.7 Å². The van der Waals surface area contributed by atoms with Crippen molar-refractivity contribution < 1.29 is 8.83 Å². The number of benzene rings is 10. The first-order valence-corrected chi connectivity index (χ1v) is 21.8. The quantitative estimate of drug-likeness (QED) is 0.161. The van der Waals surface area contributed by atoms with Crippen molar-refractivity contribution in [1.29, 1.82) is 0 Å². The number of hydrogen-bond acceptors (Lipinski definition) is 3. The molecule has 0 atom stereocenters. The lowest BCUT2D eigenvalue weighted by atomic mass is 9.95. The van der Waals surface area contributed by atoms with Crippen LogP contribution in [0.4, 0.5) is 17.1 Å². The standard InChI is InChI=1S/C60H38N2O2/c1-2-16-39(17-3-1)40-32-34-42(35-33-40)61(53-28-11-6-22-47(53)48-25-15-31-57-58(48)49-23-7-12-29-55(49)63-57)54-37-36-44(60-59(54)50-24-8-13-30-56(50)64-60)41-18-14-19-43(38-41)62-51-26-9-4-20-45(51)46-21-5-10-27-52(46)62/h1-38H. The molecular formula is C60H38N2O2. The van der Waals surface area contributed by atoms with Gasteiger partial charge in [0.15, 0.2) is 0 Å². The van der Waals surface area contributed by atoms with Crippen LogP contribution in [-0.2, 0) is 0 Å². The average molecular weight is 819 g/mol. The van der Waals surface area contributed by atoms with E-state index in [0.717, 1.165) is 94.4 Å². The van der Waals surface area contributed by atoms with Crippen LogP contribution in [0.1, 0.15) is 0 Å². The summed E-state index contributed by atoms with van der Waals surface area (Å²) < 4.78 is 15.8. The molecule has 0 radical (unpaired) electrons. The normalized spacial score (nSPS) is 11.8. The summed E-state index contributed by atoms with van der Waals surface area (Å²) in [4.78, 5) is 2.41. The van der Waals surface area contributed by atoms with Gasteiger partial charge in [-0.2, -0.15) is 0 Å². The van der Waals surface area contributed by atoms with E-state index in [1.54, 1.807) is 0 Å². The molecule has 10 aromatic carbocycles. The Kier molecular flexibility index (Phi) is 8.18. The molecule has 0 bridgehead atoms. The zero-order valence-electron chi connectivity index (χ0n) is 34.7. The smallest absolute Gasteiger partial charge is 0.145 e. The van der Waals surface area contributed by atoms with Crippen molar-refractivity contribution in [3.8, 4) is 39.1 Å². The summed E-state index contributed by atoms with van der Waals surface area (Å²) in [5.74, 6) is 0. The van der Waals surface area contributed by atoms with Crippen molar-refractivity contribution in [2.24, 2.45) is 0 Å². The summed E-state index contributed by atoms with van der Waals surface area (Å²) in [6.45, 7) is 0. The van der Waals surface area contributed by atoms with Crippen molar-refractivity contribution in [3.63, 3.8) is 0 Å². The fourth-order valence-corrected chi connectivity index (χ4v) is 9.97. The predicted octanol–water partition coefficient (Wildman–Crippen LogP) is 17.1. The molecule has 3 heterocycles. The maximum Gasteiger partial charge on any atom is 0.145 e. The summed E-state index contributed by atoms with van der Waals surface area (Å²) in [5, 5.41) is 6.77. The maximum atomic E-state index is 7.01. The number of aromatic nitrogens is 1. The molecular weight excluding hydrogens is 781 g/mol. The van der Waals surface area contributed by atoms with Crippen LogP contribution in [0.15, 0.2) is 239 Å². The van der Waals surface area contributed by atoms with Crippen LogP contribution in [-0.4, -0.2) is 4.57 Å². The van der Waals surface area contributed by atoms with Crippen LogP contribution >= 0.6 is 0 Å². The third-order valence-electron chi connectivity index (χ3n) is 12.8. The number of para-hydroxylation sites is 5. The zero-order chi connectivity index (χ0) is 42.1. The SMILES string of the molecule is c1ccc(-c2ccc(N(c3ccccc3-c3cccc4oc5ccccc5c34)c3ccc(-c4cccc(-n5c6ccccc6c6ccccc65)c4)c4oc5ccccc5c34)cc2)cc1. The third-order valence-corrected chi connectivity index (χ3v) is 12.8. The first-order chi connectivity index (χ1) is 31.8. The fourth-order valence-electron chi connectivity index (χ4n) is 9.97. The average Bonchev–Trinajstić information content (AvgIpc) is 4.05. The molecule has 0 saturated heterocycles. The van der Waals surface area contributed by atoms with Gasteiger partial charge >= 0.3 is 0 Å². The minimum Gasteiger partial charge on any atom is -0.456 e. The second-order valence-electron chi connectivity index (χ2n) is 16.4. The summed E-state index contributed by atoms with van der Waals surface area (Å²) in [5.41, 5.74) is 16.6. The Morgan fingerprint density at radius 2 is 0.891 bits per heavy atom. The molecule has 13 aromatic rings. The molecule has 0 N–H and O–H groups in total. The number of furan rings is 2. The number of anilines is 3. The van der Waals surface area contributed by atoms with Gasteiger partial charge < -0.3 is 18.3 Å². The fraction of sp³-hybridized carbons (Fsp3) is 0. The van der Waals surface area contributed by atoms with E-state index in [4.69, 9.17) is 8.83 Å². The van der Waals surface area contributed by atoms with Crippen molar-refractivity contribution in [1.82, 2.24) is 4.57 Å². The van der Waals surface area contributed by atoms with Crippen LogP contribution in [0.5, 0.6) is 0 Å². The minimum absolute atomic E-state index is 0.837. The van der Waals surface area contributed by atoms with Crippen LogP contribution in [0.2, 0.25) is 0 Å². The van der Waals surface area contributed by atoms with Crippen molar-refractivity contribution in [2.45, 2.75) is 0 Å². The Morgan fingerprint density at radius 3 is 1.66 bits per heavy atom. The molecule has 300 valence electrons. The van der Waals surface area contributed by atoms with E-state index in [9.17, 15) is 0 Å². The van der Waals surface area contributed by atoms with E-state index in [2.05, 4.69) is 228 Å². The van der Waals surface area contributed by atoms with Crippen LogP contribution < -0.4 is 4.90 Å². The van der Waals surface area contributed by atoms with Gasteiger partial charge in [-0.05, 0) is 95.1 Å². The molecule has 0 amide bonds. The highest BCUT2D eigenvalue weighted by atomic mass is 16.3. The van der Waals surface area contributed by atoms with Gasteiger partial charge in [0.1, 0.15) is 22.3 Å². The van der Waals surface area contributed by atoms with E-state index >= 15 is 0 Å². The Hall–Kier alpha value is -8.60. The number of hydrogen-bond donors (Lipinski definition) is 0. The van der Waals surface area contributed by atoms with Crippen molar-refractivity contribution in [2.75, 3.05) is 4.90 Å². The minimum atomic E-state index is 0.837. The largest absolute Gasteiger partial charge is 0.456 e. The van der Waals surface area contributed by atoms with E-state index in [0.29, 0.717) is 0 Å². The Labute approximate surface area is 369 Å². The second-order valence-corrected chi connectivity index (χ2v) is 16.4. The van der Waals surface area contributed by atoms with Gasteiger partial charge in [-0.3, -0.25) is 0 Å². The maximum absolute atomic E-state index is 7.01. The topological polar surface area (TPSA) is 34.5 Å². The predicted molar refractivity (Wildman–Crippen MR) is 266 cm³/mol. The highest BCUT2D eigenvalue weighted by Gasteiger charge is 2.25. The van der Waals surface area contributed by atoms with Gasteiger partial charge in [0.05, 0.1) is 27.8 Å². The van der Waals surface area contributed by atoms with E-state index in [1.807, 2.05) is 12.1 Å². The van der Waals surface area contributed by atoms with Crippen LogP contribution in [0, 0.1) is 0 Å². The highest BCUT2D eigenvalue weighted by molar-refractivity contribution is 6.19. The molecule has 4 nitrogen and oxygen atoms in total. The Bertz CT molecular complexity index is 3860. The molecule has 0 saturated carbocycles. The first kappa shape index (κ1) is 36.1. The van der Waals surface area contributed by atoms with Gasteiger partial charge in [0.25, 0.3) is 0 Å². The zero-order valence-corrected chi connectivity index (χ0v) is 34.7. The number of rotatable bonds is 7. The summed E-state index contributed by atoms with van der Waals surface area (Å²) >= 11 is 0. The van der Waals surface area contributed by atoms with E-state index < -0.39 is 0 Å². The summed E-state index contributed by atoms with van der Waals surface area (Å²) in [7, 11) is 0. The molecule has 0 fully saturated rings. The lowest BCUT2D eigenvalue weighted by molar-refractivity contribution is 0.669. The van der Waals surface area contributed by atoms with Gasteiger partial charge in [0.2, 0.25) is 0 Å². The lowest BCUT2D eigenvalue weighted by Crippen LogP contribution is -2.12. The second kappa shape index (κ2) is 14.5. The number of nitrogens with zero attached hydrogens (tertiary/aromatic N) is 2. The Balaban J connectivity index is 1.05. The molecule has 64 heavy (non-hydrogen) atoms. The van der Waals surface area contributed by atoms with Gasteiger partial charge in [0, 0.05) is 49.4 Å². The van der Waals surface area contributed by atoms with Crippen molar-refractivity contribution in [3.05, 3.63) is 231 Å². The first-order valence-electron chi connectivity index (χ1n) is 21.8. The van der Waals surface area contributed by atoms with Gasteiger partial charge in [-0.15, -0.1) is 0 Å². The van der Waals surface area contributed by atoms with E-state index in [-0.39, 0.29) is 0 Å². The monoisotopic (exact) mass is 818 g/mol. The van der Waals surface area contributed by atoms with E-state index in [1.165, 1.54) is 27.4 Å². The molecule has 0 aliphatic rings. The Morgan fingerprint density at radius 1 is 0.328 bits per heavy atom. The number of fused-ring (bicyclic) bond motifs is 9. The highest BCUT2D eigenvalue weighted by Crippen LogP contribution is 2.50. The molecule has 4 heteroatoms. The molecule has 3 aromatic heterocycles. The lowest BCUT2D eigenvalue weighted by Gasteiger charge is -2.29. The molecule has 0 aliphatic carbocycles. The summed E-state index contributed by atoms with van der Waals surface area (Å²) in [6, 6.07) is 82.1.